The minimum absolute atomic E-state index is 0.0174. The van der Waals surface area contributed by atoms with E-state index in [4.69, 9.17) is 9.47 Å². The molecule has 3 aliphatic heterocycles. The number of hydrogen-bond acceptors (Lipinski definition) is 6. The normalized spacial score (nSPS) is 30.3. The number of nitrogens with zero attached hydrogens (tertiary/aromatic N) is 1. The van der Waals surface area contributed by atoms with Gasteiger partial charge < -0.3 is 30.1 Å². The number of carbonyl (C=O) groups is 3. The largest absolute Gasteiger partial charge is 0.494 e. The zero-order chi connectivity index (χ0) is 27.5. The Kier molecular flexibility index (Phi) is 8.67. The lowest BCUT2D eigenvalue weighted by Crippen LogP contribution is -2.56. The van der Waals surface area contributed by atoms with Crippen molar-refractivity contribution in [3.63, 3.8) is 0 Å². The molecule has 3 N–H and O–H groups in total. The molecule has 2 bridgehead atoms. The molecule has 0 radical (unpaired) electrons. The van der Waals surface area contributed by atoms with E-state index >= 15 is 0 Å². The molecule has 1 aromatic carbocycles. The van der Waals surface area contributed by atoms with E-state index in [1.165, 1.54) is 0 Å². The van der Waals surface area contributed by atoms with Gasteiger partial charge in [-0.2, -0.15) is 0 Å². The minimum Gasteiger partial charge on any atom is -0.494 e. The molecule has 9 heteroatoms. The second-order valence-electron chi connectivity index (χ2n) is 10.9. The number of anilines is 1. The lowest BCUT2D eigenvalue weighted by molar-refractivity contribution is -0.146. The summed E-state index contributed by atoms with van der Waals surface area (Å²) in [7, 11) is 0. The van der Waals surface area contributed by atoms with Crippen molar-refractivity contribution in [1.82, 2.24) is 10.2 Å². The van der Waals surface area contributed by atoms with E-state index in [2.05, 4.69) is 17.6 Å². The number of benzene rings is 1. The number of hydrogen-bond donors (Lipinski definition) is 3. The number of unbranched alkanes of at least 4 members (excludes halogenated alkanes) is 1. The van der Waals surface area contributed by atoms with Crippen LogP contribution in [0, 0.1) is 11.8 Å². The van der Waals surface area contributed by atoms with Crippen LogP contribution >= 0.6 is 0 Å². The summed E-state index contributed by atoms with van der Waals surface area (Å²) in [5.41, 5.74) is -1.21. The van der Waals surface area contributed by atoms with Crippen LogP contribution in [0.3, 0.4) is 0 Å². The van der Waals surface area contributed by atoms with Crippen LogP contribution in [-0.2, 0) is 19.1 Å². The number of aliphatic hydroxyl groups is 1. The third-order valence-corrected chi connectivity index (χ3v) is 8.56. The van der Waals surface area contributed by atoms with Crippen LogP contribution in [0.25, 0.3) is 0 Å². The molecule has 3 aliphatic rings. The van der Waals surface area contributed by atoms with Crippen LogP contribution in [0.2, 0.25) is 0 Å². The first-order chi connectivity index (χ1) is 18.3. The third kappa shape index (κ3) is 4.91. The quantitative estimate of drug-likeness (QED) is 0.338. The molecule has 6 atom stereocenters. The maximum Gasteiger partial charge on any atom is 0.246 e. The van der Waals surface area contributed by atoms with Crippen LogP contribution in [0.15, 0.2) is 24.3 Å². The molecule has 38 heavy (non-hydrogen) atoms. The highest BCUT2D eigenvalue weighted by Crippen LogP contribution is 2.64. The number of aliphatic hydroxyl groups excluding tert-OH is 1. The molecule has 210 valence electrons. The van der Waals surface area contributed by atoms with Crippen molar-refractivity contribution in [3.8, 4) is 5.75 Å². The van der Waals surface area contributed by atoms with E-state index in [0.29, 0.717) is 56.7 Å². The van der Waals surface area contributed by atoms with Gasteiger partial charge in [0.15, 0.2) is 0 Å². The molecule has 3 amide bonds. The number of nitrogens with one attached hydrogen (secondary N) is 2. The fourth-order valence-electron chi connectivity index (χ4n) is 6.90. The lowest BCUT2D eigenvalue weighted by Gasteiger charge is -2.34. The second-order valence-corrected chi connectivity index (χ2v) is 10.9. The maximum atomic E-state index is 14.0. The summed E-state index contributed by atoms with van der Waals surface area (Å²) < 4.78 is 12.3. The monoisotopic (exact) mass is 529 g/mol. The Morgan fingerprint density at radius 2 is 1.89 bits per heavy atom. The molecule has 3 unspecified atom stereocenters. The van der Waals surface area contributed by atoms with Gasteiger partial charge in [-0.3, -0.25) is 14.4 Å². The van der Waals surface area contributed by atoms with E-state index in [1.807, 2.05) is 20.8 Å². The first-order valence-electron chi connectivity index (χ1n) is 14.2. The minimum atomic E-state index is -1.04. The summed E-state index contributed by atoms with van der Waals surface area (Å²) in [6, 6.07) is 6.34. The van der Waals surface area contributed by atoms with Crippen molar-refractivity contribution < 1.29 is 29.0 Å². The van der Waals surface area contributed by atoms with Gasteiger partial charge in [0.2, 0.25) is 17.7 Å². The Balaban J connectivity index is 1.65. The van der Waals surface area contributed by atoms with Gasteiger partial charge in [0, 0.05) is 24.9 Å². The van der Waals surface area contributed by atoms with Gasteiger partial charge in [0.25, 0.3) is 0 Å². The van der Waals surface area contributed by atoms with E-state index < -0.39 is 29.1 Å². The predicted molar refractivity (Wildman–Crippen MR) is 144 cm³/mol. The zero-order valence-corrected chi connectivity index (χ0v) is 23.1. The van der Waals surface area contributed by atoms with Gasteiger partial charge in [-0.05, 0) is 76.6 Å². The highest BCUT2D eigenvalue weighted by atomic mass is 16.5. The molecule has 1 aromatic rings. The van der Waals surface area contributed by atoms with Gasteiger partial charge in [-0.1, -0.05) is 20.3 Å². The van der Waals surface area contributed by atoms with Crippen LogP contribution in [0.1, 0.15) is 72.6 Å². The number of fused-ring (bicyclic) bond motifs is 1. The van der Waals surface area contributed by atoms with Crippen molar-refractivity contribution >= 4 is 23.4 Å². The van der Waals surface area contributed by atoms with Crippen LogP contribution in [0.4, 0.5) is 5.69 Å². The van der Waals surface area contributed by atoms with Crippen molar-refractivity contribution in [1.29, 1.82) is 0 Å². The Labute approximate surface area is 225 Å². The van der Waals surface area contributed by atoms with Gasteiger partial charge in [0.05, 0.1) is 24.0 Å². The van der Waals surface area contributed by atoms with Gasteiger partial charge in [-0.25, -0.2) is 0 Å². The van der Waals surface area contributed by atoms with Crippen LogP contribution in [-0.4, -0.2) is 70.8 Å². The molecule has 3 fully saturated rings. The van der Waals surface area contributed by atoms with Crippen LogP contribution in [0.5, 0.6) is 5.75 Å². The lowest BCUT2D eigenvalue weighted by atomic mass is 9.65. The average Bonchev–Trinajstić information content (AvgIpc) is 3.49. The Bertz CT molecular complexity index is 1020. The van der Waals surface area contributed by atoms with Crippen molar-refractivity contribution in [2.24, 2.45) is 11.8 Å². The third-order valence-electron chi connectivity index (χ3n) is 8.56. The predicted octanol–water partition coefficient (Wildman–Crippen LogP) is 3.26. The second kappa shape index (κ2) is 11.6. The standard InChI is InChI=1S/C29H43N3O6/c1-5-10-19(4)30-26(35)24-29-16-15-28(6-2,38-29)22(23(29)27(36)32(24)17-8-9-18-33)25(34)31-20-11-13-21(14-12-20)37-7-3/h11-14,19,22-24,33H,5-10,15-18H2,1-4H3,(H,30,35)(H,31,34)/t19?,22-,23-,24?,28+,29?/m0/s1. The Hall–Kier alpha value is -2.65. The van der Waals surface area contributed by atoms with Gasteiger partial charge in [-0.15, -0.1) is 0 Å². The van der Waals surface area contributed by atoms with Crippen molar-refractivity contribution in [2.45, 2.75) is 95.9 Å². The molecular weight excluding hydrogens is 486 g/mol. The summed E-state index contributed by atoms with van der Waals surface area (Å²) in [6.07, 6.45) is 4.62. The molecule has 3 saturated heterocycles. The van der Waals surface area contributed by atoms with Gasteiger partial charge in [0.1, 0.15) is 17.4 Å². The van der Waals surface area contributed by atoms with E-state index in [9.17, 15) is 19.5 Å². The first-order valence-corrected chi connectivity index (χ1v) is 14.2. The maximum absolute atomic E-state index is 14.0. The fourth-order valence-corrected chi connectivity index (χ4v) is 6.90. The fraction of sp³-hybridized carbons (Fsp3) is 0.690. The topological polar surface area (TPSA) is 117 Å². The highest BCUT2D eigenvalue weighted by Gasteiger charge is 2.78. The molecule has 0 saturated carbocycles. The van der Waals surface area contributed by atoms with Gasteiger partial charge >= 0.3 is 0 Å². The molecule has 4 rings (SSSR count). The SMILES string of the molecule is CCCC(C)NC(=O)C1N(CCCCO)C(=O)[C@@H]2[C@@H](C(=O)Nc3ccc(OCC)cc3)[C@@]3(CC)CCC12O3. The molecule has 3 heterocycles. The van der Waals surface area contributed by atoms with Crippen LogP contribution < -0.4 is 15.4 Å². The van der Waals surface area contributed by atoms with Crippen molar-refractivity contribution in [2.75, 3.05) is 25.1 Å². The summed E-state index contributed by atoms with van der Waals surface area (Å²) in [5.74, 6) is -1.39. The number of ether oxygens (including phenoxy) is 2. The molecule has 0 aromatic heterocycles. The zero-order valence-electron chi connectivity index (χ0n) is 23.1. The highest BCUT2D eigenvalue weighted by molar-refractivity contribution is 6.02. The number of likely N-dealkylation sites (tertiary alicyclic amines) is 1. The summed E-state index contributed by atoms with van der Waals surface area (Å²) in [6.45, 7) is 8.84. The Morgan fingerprint density at radius 1 is 1.16 bits per heavy atom. The van der Waals surface area contributed by atoms with E-state index in [0.717, 1.165) is 12.8 Å². The number of carbonyl (C=O) groups excluding carboxylic acids is 3. The molecule has 9 nitrogen and oxygen atoms in total. The van der Waals surface area contributed by atoms with E-state index in [1.54, 1.807) is 29.2 Å². The summed E-state index contributed by atoms with van der Waals surface area (Å²) in [5, 5.41) is 15.4. The van der Waals surface area contributed by atoms with Crippen molar-refractivity contribution in [3.05, 3.63) is 24.3 Å². The molecular formula is C29H43N3O6. The first kappa shape index (κ1) is 28.4. The number of amides is 3. The van der Waals surface area contributed by atoms with E-state index in [-0.39, 0.29) is 30.4 Å². The summed E-state index contributed by atoms with van der Waals surface area (Å²) >= 11 is 0. The molecule has 0 aliphatic carbocycles. The molecule has 1 spiro atoms. The average molecular weight is 530 g/mol. The smallest absolute Gasteiger partial charge is 0.246 e. The number of rotatable bonds is 13. The summed E-state index contributed by atoms with van der Waals surface area (Å²) in [4.78, 5) is 43.2. The Morgan fingerprint density at radius 3 is 2.53 bits per heavy atom.